The predicted octanol–water partition coefficient (Wildman–Crippen LogP) is 5.60. The summed E-state index contributed by atoms with van der Waals surface area (Å²) in [4.78, 5) is 23.6. The van der Waals surface area contributed by atoms with Gasteiger partial charge in [0.25, 0.3) is 6.10 Å². The van der Waals surface area contributed by atoms with Gasteiger partial charge in [-0.2, -0.15) is 39.5 Å². The quantitative estimate of drug-likeness (QED) is 0.439. The van der Waals surface area contributed by atoms with E-state index in [0.29, 0.717) is 6.92 Å². The zero-order valence-corrected chi connectivity index (χ0v) is 15.2. The van der Waals surface area contributed by atoms with Crippen molar-refractivity contribution >= 4 is 22.7 Å². The average Bonchev–Trinajstić information content (AvgIpc) is 2.62. The molecule has 0 heterocycles. The molecule has 0 saturated heterocycles. The van der Waals surface area contributed by atoms with Gasteiger partial charge in [-0.15, -0.1) is 0 Å². The number of carbonyl (C=O) groups excluding carboxylic acids is 2. The Balaban J connectivity index is 2.25. The molecule has 2 rings (SSSR count). The van der Waals surface area contributed by atoms with Crippen LogP contribution in [0.2, 0.25) is 0 Å². The van der Waals surface area contributed by atoms with Crippen LogP contribution < -0.4 is 0 Å². The monoisotopic (exact) mass is 462 g/mol. The summed E-state index contributed by atoms with van der Waals surface area (Å²) in [7, 11) is 0. The van der Waals surface area contributed by atoms with Crippen molar-refractivity contribution in [2.75, 3.05) is 0 Å². The number of carbonyl (C=O) groups is 2. The number of benzene rings is 2. The second kappa shape index (κ2) is 8.27. The highest BCUT2D eigenvalue weighted by molar-refractivity contribution is 5.99. The lowest BCUT2D eigenvalue weighted by Gasteiger charge is -2.22. The first-order chi connectivity index (χ1) is 14.0. The van der Waals surface area contributed by atoms with Crippen LogP contribution in [0.4, 0.5) is 39.5 Å². The van der Waals surface area contributed by atoms with Crippen LogP contribution in [0.25, 0.3) is 10.8 Å². The fraction of sp³-hybridized carbons (Fsp3) is 0.333. The van der Waals surface area contributed by atoms with Crippen molar-refractivity contribution in [3.8, 4) is 0 Å². The molecule has 2 aromatic rings. The first-order valence-electron chi connectivity index (χ1n) is 8.16. The highest BCUT2D eigenvalue weighted by Gasteiger charge is 2.60. The Bertz CT molecular complexity index is 963. The molecule has 13 heteroatoms. The maximum absolute atomic E-state index is 12.5. The third kappa shape index (κ3) is 6.01. The minimum absolute atomic E-state index is 0.0884. The molecule has 0 aliphatic rings. The molecule has 4 nitrogen and oxygen atoms in total. The second-order valence-corrected chi connectivity index (χ2v) is 6.23. The van der Waals surface area contributed by atoms with Crippen molar-refractivity contribution in [3.05, 3.63) is 47.5 Å². The number of rotatable bonds is 4. The molecule has 170 valence electrons. The molecule has 0 aliphatic carbocycles. The lowest BCUT2D eigenvalue weighted by molar-refractivity contribution is -0.307. The summed E-state index contributed by atoms with van der Waals surface area (Å²) in [5.41, 5.74) is -0.944. The smallest absolute Gasteiger partial charge is 0.434 e. The van der Waals surface area contributed by atoms with Crippen LogP contribution in [0.3, 0.4) is 0 Å². The molecule has 0 saturated carbocycles. The number of fused-ring (bicyclic) bond motifs is 1. The van der Waals surface area contributed by atoms with Gasteiger partial charge in [-0.1, -0.05) is 12.1 Å². The Morgan fingerprint density at radius 3 is 1.42 bits per heavy atom. The maximum Gasteiger partial charge on any atom is 0.434 e. The van der Waals surface area contributed by atoms with Gasteiger partial charge in [0.05, 0.1) is 11.1 Å². The first kappa shape index (κ1) is 24.3. The van der Waals surface area contributed by atoms with Crippen molar-refractivity contribution in [3.63, 3.8) is 0 Å². The van der Waals surface area contributed by atoms with E-state index >= 15 is 0 Å². The predicted molar refractivity (Wildman–Crippen MR) is 86.2 cm³/mol. The van der Waals surface area contributed by atoms with Crippen LogP contribution in [0.5, 0.6) is 0 Å². The minimum atomic E-state index is -5.88. The molecule has 0 bridgehead atoms. The van der Waals surface area contributed by atoms with Crippen molar-refractivity contribution < 1.29 is 58.6 Å². The van der Waals surface area contributed by atoms with E-state index in [9.17, 15) is 49.1 Å². The van der Waals surface area contributed by atoms with E-state index in [-0.39, 0.29) is 16.3 Å². The maximum atomic E-state index is 12.5. The molecule has 0 fully saturated rings. The Morgan fingerprint density at radius 2 is 1.06 bits per heavy atom. The van der Waals surface area contributed by atoms with Crippen molar-refractivity contribution in [1.29, 1.82) is 0 Å². The van der Waals surface area contributed by atoms with Gasteiger partial charge in [0, 0.05) is 0 Å². The summed E-state index contributed by atoms with van der Waals surface area (Å²) in [5.74, 6) is -3.21. The van der Waals surface area contributed by atoms with Gasteiger partial charge >= 0.3 is 30.5 Å². The Morgan fingerprint density at radius 1 is 0.677 bits per heavy atom. The number of ether oxygens (including phenoxy) is 2. The van der Waals surface area contributed by atoms with Crippen molar-refractivity contribution in [2.24, 2.45) is 0 Å². The van der Waals surface area contributed by atoms with Crippen LogP contribution >= 0.6 is 0 Å². The van der Waals surface area contributed by atoms with Crippen molar-refractivity contribution in [1.82, 2.24) is 0 Å². The molecule has 31 heavy (non-hydrogen) atoms. The molecule has 1 unspecified atom stereocenters. The van der Waals surface area contributed by atoms with Gasteiger partial charge < -0.3 is 9.47 Å². The summed E-state index contributed by atoms with van der Waals surface area (Å²) in [6.45, 7) is 0.617. The van der Waals surface area contributed by atoms with Crippen LogP contribution in [0, 0.1) is 0 Å². The second-order valence-electron chi connectivity index (χ2n) is 6.23. The molecule has 0 radical (unpaired) electrons. The Labute approximate surface area is 167 Å². The normalized spacial score (nSPS) is 13.9. The van der Waals surface area contributed by atoms with Gasteiger partial charge in [-0.25, -0.2) is 9.59 Å². The fourth-order valence-corrected chi connectivity index (χ4v) is 2.29. The minimum Gasteiger partial charge on any atom is -0.449 e. The van der Waals surface area contributed by atoms with E-state index < -0.39 is 48.2 Å². The molecule has 0 aliphatic heterocycles. The highest BCUT2D eigenvalue weighted by Crippen LogP contribution is 2.36. The summed E-state index contributed by atoms with van der Waals surface area (Å²) in [6, 6.07) is 6.00. The first-order valence-corrected chi connectivity index (χ1v) is 8.16. The standard InChI is InChI=1S/C18H11F9O4/c1-8(16(19,20)21)30-13(28)11-4-2-10-7-12(5-3-9(10)6-11)14(29)31-15(17(22,23)24)18(25,26)27/h2-8,15H,1H3. The third-order valence-electron chi connectivity index (χ3n) is 3.88. The third-order valence-corrected chi connectivity index (χ3v) is 3.88. The molecule has 0 N–H and O–H groups in total. The lowest BCUT2D eigenvalue weighted by atomic mass is 10.0. The van der Waals surface area contributed by atoms with E-state index in [2.05, 4.69) is 9.47 Å². The van der Waals surface area contributed by atoms with Crippen LogP contribution in [-0.2, 0) is 9.47 Å². The van der Waals surface area contributed by atoms with Crippen LogP contribution in [-0.4, -0.2) is 42.7 Å². The van der Waals surface area contributed by atoms with E-state index in [1.807, 2.05) is 0 Å². The number of esters is 2. The number of alkyl halides is 9. The van der Waals surface area contributed by atoms with Gasteiger partial charge in [0.1, 0.15) is 0 Å². The summed E-state index contributed by atoms with van der Waals surface area (Å²) in [5, 5.41) is 0.235. The molecule has 2 aromatic carbocycles. The van der Waals surface area contributed by atoms with Gasteiger partial charge in [0.15, 0.2) is 6.10 Å². The molecular formula is C18H11F9O4. The van der Waals surface area contributed by atoms with E-state index in [1.165, 1.54) is 0 Å². The van der Waals surface area contributed by atoms with Gasteiger partial charge in [0.2, 0.25) is 0 Å². The number of hydrogen-bond donors (Lipinski definition) is 0. The SMILES string of the molecule is CC(OC(=O)c1ccc2cc(C(=O)OC(C(F)(F)F)C(F)(F)F)ccc2c1)C(F)(F)F. The van der Waals surface area contributed by atoms with E-state index in [1.54, 1.807) is 0 Å². The fourth-order valence-electron chi connectivity index (χ4n) is 2.29. The van der Waals surface area contributed by atoms with Gasteiger partial charge in [-0.05, 0) is 42.0 Å². The Kier molecular flexibility index (Phi) is 6.48. The lowest BCUT2D eigenvalue weighted by Crippen LogP contribution is -2.45. The highest BCUT2D eigenvalue weighted by atomic mass is 19.4. The van der Waals surface area contributed by atoms with Crippen molar-refractivity contribution in [2.45, 2.75) is 37.7 Å². The summed E-state index contributed by atoms with van der Waals surface area (Å²) >= 11 is 0. The van der Waals surface area contributed by atoms with E-state index in [0.717, 1.165) is 36.4 Å². The molecular weight excluding hydrogens is 451 g/mol. The molecule has 1 atom stereocenters. The largest absolute Gasteiger partial charge is 0.449 e. The van der Waals surface area contributed by atoms with Gasteiger partial charge in [-0.3, -0.25) is 0 Å². The molecule has 0 amide bonds. The van der Waals surface area contributed by atoms with E-state index in [4.69, 9.17) is 0 Å². The van der Waals surface area contributed by atoms with Crippen LogP contribution in [0.15, 0.2) is 36.4 Å². The number of halogens is 9. The topological polar surface area (TPSA) is 52.6 Å². The summed E-state index contributed by atoms with van der Waals surface area (Å²) < 4.78 is 120. The average molecular weight is 462 g/mol. The zero-order chi connectivity index (χ0) is 23.8. The summed E-state index contributed by atoms with van der Waals surface area (Å²) in [6.07, 6.45) is -23.3. The Hall–Kier alpha value is -2.99. The molecule has 0 spiro atoms. The van der Waals surface area contributed by atoms with Crippen LogP contribution in [0.1, 0.15) is 27.6 Å². The zero-order valence-electron chi connectivity index (χ0n) is 15.2. The molecule has 0 aromatic heterocycles. The number of hydrogen-bond acceptors (Lipinski definition) is 4.